The Morgan fingerprint density at radius 1 is 1.27 bits per heavy atom. The minimum absolute atomic E-state index is 0.148. The van der Waals surface area contributed by atoms with Crippen molar-refractivity contribution in [3.8, 4) is 0 Å². The number of likely N-dealkylation sites (tertiary alicyclic amines) is 1. The molecule has 0 spiro atoms. The maximum absolute atomic E-state index is 13.2. The van der Waals surface area contributed by atoms with Gasteiger partial charge in [-0.25, -0.2) is 0 Å². The molecular formula is C19H25F3N6O2. The van der Waals surface area contributed by atoms with Crippen molar-refractivity contribution >= 4 is 11.8 Å². The molecule has 2 aromatic heterocycles. The summed E-state index contributed by atoms with van der Waals surface area (Å²) in [5, 5.41) is 10.3. The van der Waals surface area contributed by atoms with Gasteiger partial charge in [0.1, 0.15) is 5.69 Å². The third kappa shape index (κ3) is 4.05. The zero-order chi connectivity index (χ0) is 22.1. The molecule has 30 heavy (non-hydrogen) atoms. The molecule has 1 aliphatic heterocycles. The van der Waals surface area contributed by atoms with Gasteiger partial charge in [-0.15, -0.1) is 0 Å². The lowest BCUT2D eigenvalue weighted by atomic mass is 9.96. The van der Waals surface area contributed by atoms with E-state index in [0.29, 0.717) is 37.3 Å². The van der Waals surface area contributed by atoms with Crippen LogP contribution < -0.4 is 0 Å². The molecule has 1 fully saturated rings. The van der Waals surface area contributed by atoms with E-state index in [0.717, 1.165) is 23.6 Å². The lowest BCUT2D eigenvalue weighted by molar-refractivity contribution is -0.141. The summed E-state index contributed by atoms with van der Waals surface area (Å²) in [6, 6.07) is 0.288. The second-order valence-corrected chi connectivity index (χ2v) is 7.22. The fourth-order valence-electron chi connectivity index (χ4n) is 3.83. The van der Waals surface area contributed by atoms with E-state index in [1.54, 1.807) is 4.90 Å². The Balaban J connectivity index is 1.94. The van der Waals surface area contributed by atoms with Crippen LogP contribution in [0.5, 0.6) is 0 Å². The Bertz CT molecular complexity index is 916. The average Bonchev–Trinajstić information content (AvgIpc) is 3.35. The number of halogens is 3. The molecule has 8 nitrogen and oxygen atoms in total. The smallest absolute Gasteiger partial charge is 0.339 e. The molecule has 2 amide bonds. The maximum Gasteiger partial charge on any atom is 0.435 e. The molecule has 0 bridgehead atoms. The Kier molecular flexibility index (Phi) is 6.18. The first-order chi connectivity index (χ1) is 14.2. The van der Waals surface area contributed by atoms with Gasteiger partial charge in [-0.1, -0.05) is 0 Å². The largest absolute Gasteiger partial charge is 0.435 e. The molecule has 1 aliphatic rings. The predicted octanol–water partition coefficient (Wildman–Crippen LogP) is 3.01. The van der Waals surface area contributed by atoms with E-state index < -0.39 is 23.8 Å². The number of aromatic nitrogens is 4. The number of carbonyl (C=O) groups is 2. The highest BCUT2D eigenvalue weighted by atomic mass is 19.4. The monoisotopic (exact) mass is 426 g/mol. The van der Waals surface area contributed by atoms with Crippen molar-refractivity contribution in [2.24, 2.45) is 7.05 Å². The third-order valence-corrected chi connectivity index (χ3v) is 5.44. The Morgan fingerprint density at radius 2 is 1.97 bits per heavy atom. The van der Waals surface area contributed by atoms with Gasteiger partial charge in [-0.3, -0.25) is 19.4 Å². The fourth-order valence-corrected chi connectivity index (χ4v) is 3.83. The van der Waals surface area contributed by atoms with E-state index in [2.05, 4.69) is 15.3 Å². The number of hydrogen-bond donors (Lipinski definition) is 1. The maximum atomic E-state index is 13.2. The summed E-state index contributed by atoms with van der Waals surface area (Å²) < 4.78 is 40.0. The van der Waals surface area contributed by atoms with Crippen molar-refractivity contribution in [2.45, 2.75) is 45.3 Å². The summed E-state index contributed by atoms with van der Waals surface area (Å²) in [5.41, 5.74) is -0.367. The predicted molar refractivity (Wildman–Crippen MR) is 102 cm³/mol. The first-order valence-electron chi connectivity index (χ1n) is 9.93. The van der Waals surface area contributed by atoms with Crippen molar-refractivity contribution in [3.63, 3.8) is 0 Å². The first kappa shape index (κ1) is 21.8. The molecule has 0 saturated carbocycles. The number of carbonyl (C=O) groups excluding carboxylic acids is 2. The van der Waals surface area contributed by atoms with E-state index in [9.17, 15) is 22.8 Å². The van der Waals surface area contributed by atoms with Crippen LogP contribution in [0.4, 0.5) is 13.2 Å². The van der Waals surface area contributed by atoms with Crippen molar-refractivity contribution in [1.29, 1.82) is 0 Å². The summed E-state index contributed by atoms with van der Waals surface area (Å²) >= 11 is 0. The van der Waals surface area contributed by atoms with Gasteiger partial charge in [0.2, 0.25) is 0 Å². The van der Waals surface area contributed by atoms with Crippen LogP contribution in [0.25, 0.3) is 0 Å². The fraction of sp³-hybridized carbons (Fsp3) is 0.579. The van der Waals surface area contributed by atoms with Crippen LogP contribution in [0.2, 0.25) is 0 Å². The van der Waals surface area contributed by atoms with Gasteiger partial charge < -0.3 is 9.80 Å². The van der Waals surface area contributed by atoms with E-state index in [1.165, 1.54) is 18.1 Å². The molecule has 3 heterocycles. The van der Waals surface area contributed by atoms with Crippen LogP contribution in [0.3, 0.4) is 0 Å². The van der Waals surface area contributed by atoms with E-state index in [4.69, 9.17) is 0 Å². The number of aryl methyl sites for hydroxylation is 1. The van der Waals surface area contributed by atoms with E-state index >= 15 is 0 Å². The molecular weight excluding hydrogens is 401 g/mol. The molecule has 11 heteroatoms. The number of rotatable bonds is 5. The third-order valence-electron chi connectivity index (χ3n) is 5.44. The Labute approximate surface area is 172 Å². The normalized spacial score (nSPS) is 17.3. The minimum atomic E-state index is -4.63. The van der Waals surface area contributed by atoms with Gasteiger partial charge in [-0.2, -0.15) is 23.4 Å². The highest BCUT2D eigenvalue weighted by molar-refractivity contribution is 5.96. The number of alkyl halides is 3. The second-order valence-electron chi connectivity index (χ2n) is 7.22. The summed E-state index contributed by atoms with van der Waals surface area (Å²) in [5.74, 6) is -0.748. The summed E-state index contributed by atoms with van der Waals surface area (Å²) in [7, 11) is 1.31. The van der Waals surface area contributed by atoms with Crippen LogP contribution in [-0.2, 0) is 13.2 Å². The lowest BCUT2D eigenvalue weighted by Gasteiger charge is -2.35. The highest BCUT2D eigenvalue weighted by Gasteiger charge is 2.38. The number of H-pyrrole nitrogens is 1. The molecule has 3 rings (SSSR count). The number of nitrogens with one attached hydrogen (secondary N) is 1. The lowest BCUT2D eigenvalue weighted by Crippen LogP contribution is -2.40. The standard InChI is InChI=1S/C19H25F3N6O2/c1-4-27(5-2)17(29)12-11-23-24-16(12)13-8-6-7-9-28(13)18(30)14-10-15(19(20,21)22)25-26(14)3/h10-11,13H,4-9H2,1-3H3,(H,23,24). The number of amides is 2. The summed E-state index contributed by atoms with van der Waals surface area (Å²) in [6.07, 6.45) is -1.06. The summed E-state index contributed by atoms with van der Waals surface area (Å²) in [4.78, 5) is 29.2. The van der Waals surface area contributed by atoms with Gasteiger partial charge in [-0.05, 0) is 33.1 Å². The molecule has 1 atom stereocenters. The summed E-state index contributed by atoms with van der Waals surface area (Å²) in [6.45, 7) is 5.18. The first-order valence-corrected chi connectivity index (χ1v) is 9.93. The zero-order valence-electron chi connectivity index (χ0n) is 17.2. The molecule has 1 N–H and O–H groups in total. The van der Waals surface area contributed by atoms with Crippen molar-refractivity contribution in [1.82, 2.24) is 29.8 Å². The number of aromatic amines is 1. The van der Waals surface area contributed by atoms with Crippen molar-refractivity contribution in [3.05, 3.63) is 34.9 Å². The van der Waals surface area contributed by atoms with Crippen LogP contribution in [0.1, 0.15) is 71.4 Å². The van der Waals surface area contributed by atoms with Gasteiger partial charge in [0.15, 0.2) is 5.69 Å². The van der Waals surface area contributed by atoms with E-state index in [-0.39, 0.29) is 11.6 Å². The van der Waals surface area contributed by atoms with E-state index in [1.807, 2.05) is 13.8 Å². The molecule has 0 radical (unpaired) electrons. The van der Waals surface area contributed by atoms with Crippen LogP contribution >= 0.6 is 0 Å². The van der Waals surface area contributed by atoms with Gasteiger partial charge >= 0.3 is 6.18 Å². The van der Waals surface area contributed by atoms with Crippen LogP contribution in [0.15, 0.2) is 12.3 Å². The number of hydrogen-bond acceptors (Lipinski definition) is 4. The number of piperidine rings is 1. The van der Waals surface area contributed by atoms with Gasteiger partial charge in [0.25, 0.3) is 11.8 Å². The Hall–Kier alpha value is -2.85. The molecule has 0 aromatic carbocycles. The molecule has 0 aliphatic carbocycles. The quantitative estimate of drug-likeness (QED) is 0.796. The highest BCUT2D eigenvalue weighted by Crippen LogP contribution is 2.34. The number of nitrogens with zero attached hydrogens (tertiary/aromatic N) is 5. The van der Waals surface area contributed by atoms with Crippen LogP contribution in [0, 0.1) is 0 Å². The van der Waals surface area contributed by atoms with Gasteiger partial charge in [0, 0.05) is 32.7 Å². The van der Waals surface area contributed by atoms with Crippen molar-refractivity contribution < 1.29 is 22.8 Å². The van der Waals surface area contributed by atoms with Gasteiger partial charge in [0.05, 0.1) is 23.5 Å². The Morgan fingerprint density at radius 3 is 2.57 bits per heavy atom. The topological polar surface area (TPSA) is 87.1 Å². The second kappa shape index (κ2) is 8.49. The SMILES string of the molecule is CCN(CC)C(=O)c1cn[nH]c1C1CCCCN1C(=O)c1cc(C(F)(F)F)nn1C. The van der Waals surface area contributed by atoms with Crippen molar-refractivity contribution in [2.75, 3.05) is 19.6 Å². The average molecular weight is 426 g/mol. The van der Waals surface area contributed by atoms with Crippen LogP contribution in [-0.4, -0.2) is 61.2 Å². The molecule has 2 aromatic rings. The minimum Gasteiger partial charge on any atom is -0.339 e. The molecule has 1 unspecified atom stereocenters. The molecule has 1 saturated heterocycles. The molecule has 164 valence electrons. The zero-order valence-corrected chi connectivity index (χ0v) is 17.2.